The Labute approximate surface area is 142 Å². The Hall–Kier alpha value is -2.04. The molecule has 0 saturated carbocycles. The highest BCUT2D eigenvalue weighted by molar-refractivity contribution is 5.74. The van der Waals surface area contributed by atoms with Gasteiger partial charge >= 0.3 is 0 Å². The number of rotatable bonds is 7. The molecule has 2 aromatic carbocycles. The van der Waals surface area contributed by atoms with E-state index in [2.05, 4.69) is 26.0 Å². The van der Waals surface area contributed by atoms with Crippen LogP contribution in [-0.2, 0) is 9.47 Å². The normalized spacial score (nSPS) is 21.4. The molecule has 2 atom stereocenters. The first-order chi connectivity index (χ1) is 11.7. The van der Waals surface area contributed by atoms with E-state index in [1.165, 1.54) is 11.1 Å². The molecule has 0 aromatic heterocycles. The van der Waals surface area contributed by atoms with Gasteiger partial charge in [0.1, 0.15) is 36.9 Å². The summed E-state index contributed by atoms with van der Waals surface area (Å²) in [5, 5.41) is 0. The van der Waals surface area contributed by atoms with Crippen molar-refractivity contribution in [3.8, 4) is 22.6 Å². The minimum atomic E-state index is 0.260. The van der Waals surface area contributed by atoms with Crippen molar-refractivity contribution in [1.29, 1.82) is 0 Å². The summed E-state index contributed by atoms with van der Waals surface area (Å²) in [5.41, 5.74) is 4.64. The van der Waals surface area contributed by atoms with E-state index >= 15 is 0 Å². The van der Waals surface area contributed by atoms with E-state index in [-0.39, 0.29) is 12.2 Å². The SMILES string of the molecule is Cc1c(OCC2CO2)cccc1-c1cccc(OCC2CO2)c1C. The van der Waals surface area contributed by atoms with Crippen LogP contribution >= 0.6 is 0 Å². The van der Waals surface area contributed by atoms with Gasteiger partial charge in [-0.05, 0) is 48.2 Å². The third-order valence-corrected chi connectivity index (χ3v) is 4.51. The molecule has 2 fully saturated rings. The van der Waals surface area contributed by atoms with Gasteiger partial charge in [0.25, 0.3) is 0 Å². The van der Waals surface area contributed by atoms with E-state index in [1.54, 1.807) is 0 Å². The highest BCUT2D eigenvalue weighted by Gasteiger charge is 2.24. The number of ether oxygens (including phenoxy) is 4. The van der Waals surface area contributed by atoms with E-state index in [9.17, 15) is 0 Å². The Morgan fingerprint density at radius 3 is 1.58 bits per heavy atom. The highest BCUT2D eigenvalue weighted by Crippen LogP contribution is 2.35. The molecular weight excluding hydrogens is 304 g/mol. The third kappa shape index (κ3) is 3.40. The summed E-state index contributed by atoms with van der Waals surface area (Å²) in [4.78, 5) is 0. The molecule has 2 heterocycles. The van der Waals surface area contributed by atoms with Crippen LogP contribution in [0.1, 0.15) is 11.1 Å². The van der Waals surface area contributed by atoms with Gasteiger partial charge in [-0.2, -0.15) is 0 Å². The second kappa shape index (κ2) is 6.46. The molecule has 24 heavy (non-hydrogen) atoms. The quantitative estimate of drug-likeness (QED) is 0.730. The molecule has 2 aliphatic heterocycles. The van der Waals surface area contributed by atoms with E-state index in [4.69, 9.17) is 18.9 Å². The minimum Gasteiger partial charge on any atom is -0.490 e. The van der Waals surface area contributed by atoms with E-state index in [0.29, 0.717) is 13.2 Å². The number of epoxide rings is 2. The Bertz CT molecular complexity index is 669. The fourth-order valence-corrected chi connectivity index (χ4v) is 2.82. The molecule has 0 aliphatic carbocycles. The molecule has 4 heteroatoms. The van der Waals surface area contributed by atoms with Gasteiger partial charge in [0.2, 0.25) is 0 Å². The van der Waals surface area contributed by atoms with Gasteiger partial charge in [-0.3, -0.25) is 0 Å². The lowest BCUT2D eigenvalue weighted by atomic mass is 9.95. The predicted molar refractivity (Wildman–Crippen MR) is 91.8 cm³/mol. The Morgan fingerprint density at radius 1 is 0.792 bits per heavy atom. The second-order valence-electron chi connectivity index (χ2n) is 6.39. The molecule has 2 unspecified atom stereocenters. The van der Waals surface area contributed by atoms with Crippen LogP contribution in [0.2, 0.25) is 0 Å². The predicted octanol–water partition coefficient (Wildman–Crippen LogP) is 3.53. The average molecular weight is 326 g/mol. The Balaban J connectivity index is 1.59. The second-order valence-corrected chi connectivity index (χ2v) is 6.39. The van der Waals surface area contributed by atoms with Gasteiger partial charge in [-0.1, -0.05) is 24.3 Å². The molecule has 0 spiro atoms. The van der Waals surface area contributed by atoms with Crippen LogP contribution in [0.3, 0.4) is 0 Å². The molecule has 0 bridgehead atoms. The van der Waals surface area contributed by atoms with Gasteiger partial charge in [-0.25, -0.2) is 0 Å². The summed E-state index contributed by atoms with van der Waals surface area (Å²) < 4.78 is 22.3. The first-order valence-corrected chi connectivity index (χ1v) is 8.41. The molecule has 126 valence electrons. The van der Waals surface area contributed by atoms with Gasteiger partial charge in [-0.15, -0.1) is 0 Å². The number of hydrogen-bond acceptors (Lipinski definition) is 4. The van der Waals surface area contributed by atoms with Crippen molar-refractivity contribution in [3.63, 3.8) is 0 Å². The lowest BCUT2D eigenvalue weighted by molar-refractivity contribution is 0.261. The average Bonchev–Trinajstić information content (AvgIpc) is 3.47. The molecule has 2 aliphatic rings. The van der Waals surface area contributed by atoms with Crippen molar-refractivity contribution in [2.75, 3.05) is 26.4 Å². The standard InChI is InChI=1S/C20H22O4/c1-13-17(5-3-7-19(13)23-11-15-9-21-15)18-6-4-8-20(14(18)2)24-12-16-10-22-16/h3-8,15-16H,9-12H2,1-2H3. The Kier molecular flexibility index (Phi) is 4.17. The highest BCUT2D eigenvalue weighted by atomic mass is 16.6. The van der Waals surface area contributed by atoms with Crippen LogP contribution in [0.25, 0.3) is 11.1 Å². The first-order valence-electron chi connectivity index (χ1n) is 8.41. The third-order valence-electron chi connectivity index (χ3n) is 4.51. The monoisotopic (exact) mass is 326 g/mol. The molecule has 2 aromatic rings. The summed E-state index contributed by atoms with van der Waals surface area (Å²) in [6.07, 6.45) is 0.521. The van der Waals surface area contributed by atoms with Crippen molar-refractivity contribution >= 4 is 0 Å². The number of benzene rings is 2. The van der Waals surface area contributed by atoms with Crippen molar-refractivity contribution < 1.29 is 18.9 Å². The molecule has 4 nitrogen and oxygen atoms in total. The summed E-state index contributed by atoms with van der Waals surface area (Å²) >= 11 is 0. The van der Waals surface area contributed by atoms with Crippen molar-refractivity contribution in [2.45, 2.75) is 26.1 Å². The van der Waals surface area contributed by atoms with Crippen molar-refractivity contribution in [1.82, 2.24) is 0 Å². The fraction of sp³-hybridized carbons (Fsp3) is 0.400. The zero-order valence-electron chi connectivity index (χ0n) is 14.1. The zero-order valence-corrected chi connectivity index (χ0v) is 14.1. The maximum atomic E-state index is 5.91. The fourth-order valence-electron chi connectivity index (χ4n) is 2.82. The lowest BCUT2D eigenvalue weighted by Crippen LogP contribution is -2.06. The number of hydrogen-bond donors (Lipinski definition) is 0. The lowest BCUT2D eigenvalue weighted by Gasteiger charge is -2.16. The summed E-state index contributed by atoms with van der Waals surface area (Å²) in [7, 11) is 0. The van der Waals surface area contributed by atoms with Gasteiger partial charge in [0, 0.05) is 0 Å². The molecule has 0 amide bonds. The van der Waals surface area contributed by atoms with E-state index in [0.717, 1.165) is 35.8 Å². The molecule has 0 radical (unpaired) electrons. The topological polar surface area (TPSA) is 43.5 Å². The first kappa shape index (κ1) is 15.5. The maximum absolute atomic E-state index is 5.91. The van der Waals surface area contributed by atoms with Crippen LogP contribution in [0.15, 0.2) is 36.4 Å². The van der Waals surface area contributed by atoms with Crippen LogP contribution < -0.4 is 9.47 Å². The smallest absolute Gasteiger partial charge is 0.122 e. The van der Waals surface area contributed by atoms with Gasteiger partial charge in [0.05, 0.1) is 13.2 Å². The van der Waals surface area contributed by atoms with Gasteiger partial charge in [0.15, 0.2) is 0 Å². The van der Waals surface area contributed by atoms with Crippen molar-refractivity contribution in [3.05, 3.63) is 47.5 Å². The van der Waals surface area contributed by atoms with E-state index < -0.39 is 0 Å². The largest absolute Gasteiger partial charge is 0.490 e. The Morgan fingerprint density at radius 2 is 1.21 bits per heavy atom. The van der Waals surface area contributed by atoms with Crippen LogP contribution in [0.4, 0.5) is 0 Å². The molecule has 0 N–H and O–H groups in total. The zero-order chi connectivity index (χ0) is 16.5. The summed E-state index contributed by atoms with van der Waals surface area (Å²) in [6.45, 7) is 7.05. The van der Waals surface area contributed by atoms with E-state index in [1.807, 2.05) is 24.3 Å². The van der Waals surface area contributed by atoms with Crippen LogP contribution in [-0.4, -0.2) is 38.6 Å². The minimum absolute atomic E-state index is 0.260. The van der Waals surface area contributed by atoms with Gasteiger partial charge < -0.3 is 18.9 Å². The maximum Gasteiger partial charge on any atom is 0.122 e. The molecule has 2 saturated heterocycles. The van der Waals surface area contributed by atoms with Crippen molar-refractivity contribution in [2.24, 2.45) is 0 Å². The molecular formula is C20H22O4. The summed E-state index contributed by atoms with van der Waals surface area (Å²) in [6, 6.07) is 12.4. The molecule has 4 rings (SSSR count). The van der Waals surface area contributed by atoms with Crippen LogP contribution in [0.5, 0.6) is 11.5 Å². The summed E-state index contributed by atoms with van der Waals surface area (Å²) in [5.74, 6) is 1.83. The van der Waals surface area contributed by atoms with Crippen LogP contribution in [0, 0.1) is 13.8 Å².